The lowest BCUT2D eigenvalue weighted by Crippen LogP contribution is -2.14. The Kier molecular flexibility index (Phi) is 8.26. The number of amides is 1. The third-order valence-corrected chi connectivity index (χ3v) is 6.03. The highest BCUT2D eigenvalue weighted by molar-refractivity contribution is 9.11. The van der Waals surface area contributed by atoms with Crippen LogP contribution in [0, 0.1) is 25.2 Å². The zero-order chi connectivity index (χ0) is 24.8. The summed E-state index contributed by atoms with van der Waals surface area (Å²) in [5.74, 6) is -0.620. The molecule has 0 fully saturated rings. The van der Waals surface area contributed by atoms with Gasteiger partial charge in [0.1, 0.15) is 11.6 Å². The first-order valence-electron chi connectivity index (χ1n) is 10.1. The number of ether oxygens (including phenoxy) is 2. The van der Waals surface area contributed by atoms with Crippen LogP contribution >= 0.6 is 31.9 Å². The summed E-state index contributed by atoms with van der Waals surface area (Å²) in [7, 11) is 1.46. The van der Waals surface area contributed by atoms with Crippen LogP contribution in [-0.2, 0) is 4.79 Å². The molecule has 0 aliphatic heterocycles. The number of nitrogens with one attached hydrogen (secondary N) is 1. The molecule has 3 aromatic rings. The number of hydrogen-bond donors (Lipinski definition) is 1. The third-order valence-electron chi connectivity index (χ3n) is 4.78. The van der Waals surface area contributed by atoms with Gasteiger partial charge in [-0.3, -0.25) is 4.79 Å². The largest absolute Gasteiger partial charge is 0.493 e. The Balaban J connectivity index is 1.87. The lowest BCUT2D eigenvalue weighted by molar-refractivity contribution is -0.112. The molecule has 34 heavy (non-hydrogen) atoms. The van der Waals surface area contributed by atoms with Gasteiger partial charge in [0.15, 0.2) is 11.5 Å². The Bertz CT molecular complexity index is 1300. The highest BCUT2D eigenvalue weighted by Crippen LogP contribution is 2.33. The van der Waals surface area contributed by atoms with Gasteiger partial charge in [0, 0.05) is 8.95 Å². The van der Waals surface area contributed by atoms with Crippen molar-refractivity contribution < 1.29 is 19.1 Å². The van der Waals surface area contributed by atoms with Crippen molar-refractivity contribution in [2.75, 3.05) is 12.4 Å². The zero-order valence-corrected chi connectivity index (χ0v) is 21.8. The van der Waals surface area contributed by atoms with Gasteiger partial charge < -0.3 is 14.8 Å². The quantitative estimate of drug-likeness (QED) is 0.153. The molecule has 0 saturated carbocycles. The molecule has 1 N–H and O–H groups in total. The fourth-order valence-electron chi connectivity index (χ4n) is 3.03. The van der Waals surface area contributed by atoms with E-state index in [-0.39, 0.29) is 11.3 Å². The fourth-order valence-corrected chi connectivity index (χ4v) is 4.64. The molecular formula is C26H20Br2N2O4. The van der Waals surface area contributed by atoms with Crippen molar-refractivity contribution in [2.24, 2.45) is 0 Å². The van der Waals surface area contributed by atoms with E-state index in [4.69, 9.17) is 9.47 Å². The van der Waals surface area contributed by atoms with Crippen LogP contribution < -0.4 is 14.8 Å². The number of anilines is 1. The molecule has 0 radical (unpaired) electrons. The molecule has 0 heterocycles. The first kappa shape index (κ1) is 25.2. The van der Waals surface area contributed by atoms with Gasteiger partial charge in [0.25, 0.3) is 5.91 Å². The standard InChI is InChI=1S/C26H20Br2N2O4/c1-15-4-7-18(8-5-15)26(32)34-23-13-17(6-9-22(23)33-3)12-19(14-29)25(31)30-24-20(27)10-16(2)11-21(24)28/h4-13H,1-3H3,(H,30,31)/b19-12+. The lowest BCUT2D eigenvalue weighted by atomic mass is 10.1. The van der Waals surface area contributed by atoms with E-state index in [1.54, 1.807) is 24.3 Å². The van der Waals surface area contributed by atoms with Gasteiger partial charge in [-0.25, -0.2) is 4.79 Å². The van der Waals surface area contributed by atoms with Crippen LogP contribution in [0.5, 0.6) is 11.5 Å². The van der Waals surface area contributed by atoms with E-state index < -0.39 is 11.9 Å². The Morgan fingerprint density at radius 1 is 0.941 bits per heavy atom. The molecule has 0 spiro atoms. The van der Waals surface area contributed by atoms with E-state index >= 15 is 0 Å². The van der Waals surface area contributed by atoms with Crippen molar-refractivity contribution in [1.29, 1.82) is 5.26 Å². The van der Waals surface area contributed by atoms with Gasteiger partial charge in [0.2, 0.25) is 0 Å². The minimum atomic E-state index is -0.582. The topological polar surface area (TPSA) is 88.4 Å². The maximum atomic E-state index is 12.8. The monoisotopic (exact) mass is 582 g/mol. The van der Waals surface area contributed by atoms with Crippen molar-refractivity contribution in [3.8, 4) is 17.6 Å². The summed E-state index contributed by atoms with van der Waals surface area (Å²) >= 11 is 6.85. The van der Waals surface area contributed by atoms with E-state index in [9.17, 15) is 14.9 Å². The maximum absolute atomic E-state index is 12.8. The van der Waals surface area contributed by atoms with Gasteiger partial charge in [-0.1, -0.05) is 23.8 Å². The first-order chi connectivity index (χ1) is 16.2. The van der Waals surface area contributed by atoms with Gasteiger partial charge in [0.05, 0.1) is 18.4 Å². The number of rotatable bonds is 6. The number of aryl methyl sites for hydroxylation is 2. The molecule has 0 unspecified atom stereocenters. The third kappa shape index (κ3) is 6.13. The highest BCUT2D eigenvalue weighted by Gasteiger charge is 2.16. The van der Waals surface area contributed by atoms with Gasteiger partial charge >= 0.3 is 5.97 Å². The minimum absolute atomic E-state index is 0.125. The average Bonchev–Trinajstić information content (AvgIpc) is 2.80. The molecule has 0 aromatic heterocycles. The maximum Gasteiger partial charge on any atom is 0.343 e. The lowest BCUT2D eigenvalue weighted by Gasteiger charge is -2.11. The molecule has 8 heteroatoms. The summed E-state index contributed by atoms with van der Waals surface area (Å²) in [4.78, 5) is 25.3. The summed E-state index contributed by atoms with van der Waals surface area (Å²) in [6.45, 7) is 3.85. The molecule has 0 saturated heterocycles. The molecular weight excluding hydrogens is 564 g/mol. The van der Waals surface area contributed by atoms with Crippen LogP contribution in [0.1, 0.15) is 27.0 Å². The highest BCUT2D eigenvalue weighted by atomic mass is 79.9. The predicted molar refractivity (Wildman–Crippen MR) is 138 cm³/mol. The number of nitriles is 1. The van der Waals surface area contributed by atoms with Crippen molar-refractivity contribution in [1.82, 2.24) is 0 Å². The molecule has 0 aliphatic carbocycles. The molecule has 1 amide bonds. The summed E-state index contributed by atoms with van der Waals surface area (Å²) in [6, 6.07) is 17.4. The SMILES string of the molecule is COc1ccc(/C=C(\C#N)C(=O)Nc2c(Br)cc(C)cc2Br)cc1OC(=O)c1ccc(C)cc1. The van der Waals surface area contributed by atoms with E-state index in [2.05, 4.69) is 37.2 Å². The number of nitrogens with zero attached hydrogens (tertiary/aromatic N) is 1. The average molecular weight is 584 g/mol. The van der Waals surface area contributed by atoms with Crippen molar-refractivity contribution in [2.45, 2.75) is 13.8 Å². The van der Waals surface area contributed by atoms with Crippen molar-refractivity contribution in [3.63, 3.8) is 0 Å². The smallest absolute Gasteiger partial charge is 0.343 e. The summed E-state index contributed by atoms with van der Waals surface area (Å²) in [6.07, 6.45) is 1.41. The number of benzene rings is 3. The van der Waals surface area contributed by atoms with Crippen molar-refractivity contribution >= 4 is 55.5 Å². The number of esters is 1. The van der Waals surface area contributed by atoms with Crippen LogP contribution in [0.2, 0.25) is 0 Å². The second-order valence-corrected chi connectivity index (χ2v) is 9.10. The van der Waals surface area contributed by atoms with E-state index in [1.165, 1.54) is 19.3 Å². The molecule has 172 valence electrons. The second kappa shape index (κ2) is 11.1. The van der Waals surface area contributed by atoms with Gasteiger partial charge in [-0.2, -0.15) is 5.26 Å². The second-order valence-electron chi connectivity index (χ2n) is 7.39. The number of hydrogen-bond acceptors (Lipinski definition) is 5. The van der Waals surface area contributed by atoms with Crippen LogP contribution in [0.3, 0.4) is 0 Å². The molecule has 0 atom stereocenters. The van der Waals surface area contributed by atoms with Gasteiger partial charge in [-0.05, 0) is 99.3 Å². The predicted octanol–water partition coefficient (Wildman–Crippen LogP) is 6.60. The number of carbonyl (C=O) groups is 2. The fraction of sp³-hybridized carbons (Fsp3) is 0.115. The Labute approximate surface area is 214 Å². The normalized spacial score (nSPS) is 10.9. The van der Waals surface area contributed by atoms with E-state index in [0.717, 1.165) is 11.1 Å². The van der Waals surface area contributed by atoms with E-state index in [0.29, 0.717) is 31.5 Å². The Hall–Kier alpha value is -3.41. The molecule has 3 aromatic carbocycles. The number of carbonyl (C=O) groups excluding carboxylic acids is 2. The number of halogens is 2. The van der Waals surface area contributed by atoms with Crippen LogP contribution in [0.4, 0.5) is 5.69 Å². The van der Waals surface area contributed by atoms with Crippen LogP contribution in [-0.4, -0.2) is 19.0 Å². The van der Waals surface area contributed by atoms with E-state index in [1.807, 2.05) is 44.2 Å². The molecule has 6 nitrogen and oxygen atoms in total. The summed E-state index contributed by atoms with van der Waals surface area (Å²) < 4.78 is 12.2. The molecule has 0 bridgehead atoms. The first-order valence-corrected chi connectivity index (χ1v) is 11.7. The van der Waals surface area contributed by atoms with Gasteiger partial charge in [-0.15, -0.1) is 0 Å². The number of methoxy groups -OCH3 is 1. The zero-order valence-electron chi connectivity index (χ0n) is 18.6. The molecule has 0 aliphatic rings. The Morgan fingerprint density at radius 2 is 1.59 bits per heavy atom. The molecule has 3 rings (SSSR count). The summed E-state index contributed by atoms with van der Waals surface area (Å²) in [5, 5.41) is 12.3. The Morgan fingerprint density at radius 3 is 2.18 bits per heavy atom. The minimum Gasteiger partial charge on any atom is -0.493 e. The summed E-state index contributed by atoms with van der Waals surface area (Å²) in [5.41, 5.74) is 3.28. The van der Waals surface area contributed by atoms with Crippen LogP contribution in [0.15, 0.2) is 69.1 Å². The van der Waals surface area contributed by atoms with Crippen molar-refractivity contribution in [3.05, 3.63) is 91.4 Å². The van der Waals surface area contributed by atoms with Crippen LogP contribution in [0.25, 0.3) is 6.08 Å².